The summed E-state index contributed by atoms with van der Waals surface area (Å²) in [6.07, 6.45) is 14.7. The van der Waals surface area contributed by atoms with Crippen LogP contribution in [-0.2, 0) is 11.3 Å². The molecule has 0 bridgehead atoms. The third-order valence-electron chi connectivity index (χ3n) is 10.6. The first-order chi connectivity index (χ1) is 23.2. The average Bonchev–Trinajstić information content (AvgIpc) is 3.53. The number of nitrogens with zero attached hydrogens (tertiary/aromatic N) is 6. The molecule has 3 N–H and O–H groups in total. The van der Waals surface area contributed by atoms with Crippen LogP contribution >= 0.6 is 11.3 Å². The lowest BCUT2D eigenvalue weighted by molar-refractivity contribution is -0.115. The molecule has 2 aliphatic heterocycles. The molecular formula is C36H45N9O2S. The highest BCUT2D eigenvalue weighted by molar-refractivity contribution is 7.15. The van der Waals surface area contributed by atoms with Gasteiger partial charge in [0.15, 0.2) is 5.82 Å². The molecular weight excluding hydrogens is 623 g/mol. The van der Waals surface area contributed by atoms with Crippen molar-refractivity contribution in [2.24, 2.45) is 16.3 Å². The van der Waals surface area contributed by atoms with E-state index in [-0.39, 0.29) is 23.1 Å². The number of carbonyl (C=O) groups excluding carboxylic acids is 1. The molecule has 0 radical (unpaired) electrons. The fourth-order valence-electron chi connectivity index (χ4n) is 7.96. The van der Waals surface area contributed by atoms with Crippen molar-refractivity contribution in [1.82, 2.24) is 30.0 Å². The molecule has 3 aromatic heterocycles. The number of piperidine rings is 1. The number of carbonyl (C=O) groups is 1. The van der Waals surface area contributed by atoms with Gasteiger partial charge in [-0.15, -0.1) is 21.5 Å². The van der Waals surface area contributed by atoms with Gasteiger partial charge in [0.2, 0.25) is 0 Å². The topological polar surface area (TPSA) is 145 Å². The van der Waals surface area contributed by atoms with E-state index in [4.69, 9.17) is 25.5 Å². The molecule has 252 valence electrons. The number of amides is 1. The lowest BCUT2D eigenvalue weighted by Crippen LogP contribution is -2.52. The van der Waals surface area contributed by atoms with Crippen LogP contribution in [0, 0.1) is 42.9 Å². The van der Waals surface area contributed by atoms with Gasteiger partial charge in [0, 0.05) is 29.6 Å². The molecule has 7 rings (SSSR count). The van der Waals surface area contributed by atoms with E-state index in [9.17, 15) is 4.79 Å². The summed E-state index contributed by atoms with van der Waals surface area (Å²) < 4.78 is 8.35. The van der Waals surface area contributed by atoms with Crippen molar-refractivity contribution < 1.29 is 9.53 Å². The number of ether oxygens (including phenoxy) is 1. The normalized spacial score (nSPS) is 22.4. The van der Waals surface area contributed by atoms with E-state index < -0.39 is 0 Å². The van der Waals surface area contributed by atoms with Gasteiger partial charge >= 0.3 is 0 Å². The Bertz CT molecular complexity index is 1770. The predicted molar refractivity (Wildman–Crippen MR) is 188 cm³/mol. The van der Waals surface area contributed by atoms with Gasteiger partial charge in [-0.2, -0.15) is 0 Å². The minimum absolute atomic E-state index is 0.0793. The van der Waals surface area contributed by atoms with E-state index in [2.05, 4.69) is 38.8 Å². The average molecular weight is 668 g/mol. The number of fused-ring (bicyclic) bond motifs is 3. The van der Waals surface area contributed by atoms with E-state index >= 15 is 0 Å². The van der Waals surface area contributed by atoms with Crippen molar-refractivity contribution in [3.05, 3.63) is 63.8 Å². The highest BCUT2D eigenvalue weighted by Gasteiger charge is 2.47. The second-order valence-electron chi connectivity index (χ2n) is 14.1. The number of aryl methyl sites for hydroxylation is 2. The van der Waals surface area contributed by atoms with Gasteiger partial charge < -0.3 is 15.0 Å². The van der Waals surface area contributed by atoms with Gasteiger partial charge in [0.1, 0.15) is 34.7 Å². The van der Waals surface area contributed by atoms with Crippen molar-refractivity contribution >= 4 is 34.5 Å². The Balaban J connectivity index is 0.910. The van der Waals surface area contributed by atoms with Crippen LogP contribution in [-0.4, -0.2) is 73.6 Å². The van der Waals surface area contributed by atoms with Gasteiger partial charge in [-0.25, -0.2) is 0 Å². The molecule has 0 unspecified atom stereocenters. The van der Waals surface area contributed by atoms with Crippen LogP contribution in [0.1, 0.15) is 91.1 Å². The number of pyridine rings is 1. The van der Waals surface area contributed by atoms with E-state index in [0.717, 1.165) is 104 Å². The van der Waals surface area contributed by atoms with Gasteiger partial charge in [0.05, 0.1) is 24.2 Å². The highest BCUT2D eigenvalue weighted by atomic mass is 32.1. The molecule has 1 amide bonds. The second-order valence-corrected chi connectivity index (χ2v) is 15.3. The first-order valence-corrected chi connectivity index (χ1v) is 18.1. The second kappa shape index (κ2) is 13.4. The maximum atomic E-state index is 12.5. The number of hydrogen-bond donors (Lipinski definition) is 3. The lowest BCUT2D eigenvalue weighted by atomic mass is 9.58. The van der Waals surface area contributed by atoms with E-state index in [1.807, 2.05) is 19.1 Å². The zero-order valence-electron chi connectivity index (χ0n) is 28.1. The number of thiophene rings is 1. The standard InChI is InChI=1S/C36H45N9O2S/c1-22-23(2)48-35-32(22)33(40-19-31-43-42-24(3)45(31)35)29-12-10-27(18-39-29)47-20-25-16-36(17-25)14-7-15-44(21-36)30(38)13-11-28(37)34(46)41-26-8-5-4-6-9-26/h10-13,18,25-26,37-38H,4-9,14-17,19-21H2,1-3H3,(H,41,46)/b13-11-,37-28?,38-30?. The van der Waals surface area contributed by atoms with Crippen molar-refractivity contribution in [3.63, 3.8) is 0 Å². The molecule has 1 saturated heterocycles. The molecule has 1 spiro atoms. The van der Waals surface area contributed by atoms with Crippen molar-refractivity contribution in [2.45, 2.75) is 91.1 Å². The molecule has 12 heteroatoms. The smallest absolute Gasteiger partial charge is 0.269 e. The number of amidine groups is 1. The molecule has 48 heavy (non-hydrogen) atoms. The van der Waals surface area contributed by atoms with Gasteiger partial charge in [-0.3, -0.25) is 30.2 Å². The Morgan fingerprint density at radius 3 is 2.69 bits per heavy atom. The third-order valence-corrected chi connectivity index (χ3v) is 11.8. The summed E-state index contributed by atoms with van der Waals surface area (Å²) in [5.74, 6) is 2.97. The Morgan fingerprint density at radius 1 is 1.10 bits per heavy atom. The van der Waals surface area contributed by atoms with Gasteiger partial charge in [-0.05, 0) is 100 Å². The molecule has 11 nitrogen and oxygen atoms in total. The zero-order chi connectivity index (χ0) is 33.4. The molecule has 5 heterocycles. The van der Waals surface area contributed by atoms with E-state index in [1.165, 1.54) is 22.9 Å². The first-order valence-electron chi connectivity index (χ1n) is 17.3. The van der Waals surface area contributed by atoms with Crippen molar-refractivity contribution in [2.75, 3.05) is 19.7 Å². The molecule has 2 aliphatic carbocycles. The summed E-state index contributed by atoms with van der Waals surface area (Å²) in [4.78, 5) is 25.6. The Kier molecular flexibility index (Phi) is 9.02. The number of nitrogens with one attached hydrogen (secondary N) is 3. The zero-order valence-corrected chi connectivity index (χ0v) is 29.0. The van der Waals surface area contributed by atoms with Gasteiger partial charge in [-0.1, -0.05) is 19.3 Å². The Labute approximate surface area is 285 Å². The number of likely N-dealkylation sites (tertiary alicyclic amines) is 1. The minimum Gasteiger partial charge on any atom is -0.492 e. The first kappa shape index (κ1) is 32.4. The Hall–Kier alpha value is -4.19. The molecule has 3 fully saturated rings. The number of aliphatic imine (C=N–C) groups is 1. The van der Waals surface area contributed by atoms with Crippen LogP contribution in [0.15, 0.2) is 35.5 Å². The monoisotopic (exact) mass is 667 g/mol. The van der Waals surface area contributed by atoms with E-state index in [1.54, 1.807) is 23.6 Å². The summed E-state index contributed by atoms with van der Waals surface area (Å²) in [5.41, 5.74) is 4.13. The maximum Gasteiger partial charge on any atom is 0.269 e. The molecule has 0 aromatic carbocycles. The molecule has 2 saturated carbocycles. The maximum absolute atomic E-state index is 12.5. The summed E-state index contributed by atoms with van der Waals surface area (Å²) in [6, 6.07) is 4.17. The molecule has 0 atom stereocenters. The van der Waals surface area contributed by atoms with E-state index in [0.29, 0.717) is 24.9 Å². The minimum atomic E-state index is -0.339. The summed E-state index contributed by atoms with van der Waals surface area (Å²) in [6.45, 7) is 9.04. The van der Waals surface area contributed by atoms with Crippen LogP contribution in [0.25, 0.3) is 5.00 Å². The van der Waals surface area contributed by atoms with Crippen LogP contribution in [0.4, 0.5) is 0 Å². The van der Waals surface area contributed by atoms with Crippen molar-refractivity contribution in [1.29, 1.82) is 10.8 Å². The largest absolute Gasteiger partial charge is 0.492 e. The van der Waals surface area contributed by atoms with Crippen LogP contribution in [0.2, 0.25) is 0 Å². The van der Waals surface area contributed by atoms with Crippen molar-refractivity contribution in [3.8, 4) is 10.8 Å². The number of aromatic nitrogens is 4. The summed E-state index contributed by atoms with van der Waals surface area (Å²) >= 11 is 1.74. The third kappa shape index (κ3) is 6.46. The van der Waals surface area contributed by atoms with Gasteiger partial charge in [0.25, 0.3) is 5.91 Å². The van der Waals surface area contributed by atoms with Crippen LogP contribution in [0.5, 0.6) is 5.75 Å². The van der Waals surface area contributed by atoms with Crippen LogP contribution < -0.4 is 10.1 Å². The fourth-order valence-corrected chi connectivity index (χ4v) is 9.18. The SMILES string of the molecule is Cc1sc2c(c1C)C(c1ccc(OCC3CC4(CCCN(C(=N)/C=C\C(=N)C(=O)NC5CCCCC5)C4)C3)cn1)=NCc1nnc(C)n1-2. The fraction of sp³-hybridized carbons (Fsp3) is 0.528. The summed E-state index contributed by atoms with van der Waals surface area (Å²) in [5, 5.41) is 29.6. The quantitative estimate of drug-likeness (QED) is 0.202. The molecule has 4 aliphatic rings. The molecule has 3 aromatic rings. The van der Waals surface area contributed by atoms with Crippen LogP contribution in [0.3, 0.4) is 0 Å². The Morgan fingerprint density at radius 2 is 1.92 bits per heavy atom. The lowest BCUT2D eigenvalue weighted by Gasteiger charge is -2.53. The predicted octanol–water partition coefficient (Wildman–Crippen LogP) is 5.87. The number of rotatable bonds is 8. The highest BCUT2D eigenvalue weighted by Crippen LogP contribution is 2.51. The summed E-state index contributed by atoms with van der Waals surface area (Å²) in [7, 11) is 0. The number of hydrogen-bond acceptors (Lipinski definition) is 9.